The Morgan fingerprint density at radius 3 is 2.18 bits per heavy atom. The summed E-state index contributed by atoms with van der Waals surface area (Å²) in [7, 11) is 1.57. The predicted molar refractivity (Wildman–Crippen MR) is 90.3 cm³/mol. The van der Waals surface area contributed by atoms with E-state index in [4.69, 9.17) is 9.47 Å². The maximum absolute atomic E-state index is 12.4. The second-order valence-corrected chi connectivity index (χ2v) is 6.72. The normalized spacial score (nSPS) is 14.0. The largest absolute Gasteiger partial charge is 0.493 e. The standard InChI is InChI=1S/C18H29NO3/c1-13(2)11-18(5,21-6)17(20)19-15-7-9-16(10-8-15)22-12-14(3)4/h7-10,13-14H,11-12H2,1-6H3,(H,19,20)/t18-/m0/s1. The lowest BCUT2D eigenvalue weighted by Crippen LogP contribution is -2.43. The van der Waals surface area contributed by atoms with Gasteiger partial charge in [-0.1, -0.05) is 27.7 Å². The molecule has 1 amide bonds. The molecule has 1 aromatic carbocycles. The fourth-order valence-electron chi connectivity index (χ4n) is 2.21. The lowest BCUT2D eigenvalue weighted by atomic mass is 9.93. The molecule has 1 N–H and O–H groups in total. The van der Waals surface area contributed by atoms with Gasteiger partial charge in [0.2, 0.25) is 0 Å². The Balaban J connectivity index is 2.67. The highest BCUT2D eigenvalue weighted by molar-refractivity contribution is 5.97. The van der Waals surface area contributed by atoms with Crippen LogP contribution in [0.2, 0.25) is 0 Å². The van der Waals surface area contributed by atoms with E-state index in [0.29, 0.717) is 24.9 Å². The number of nitrogens with one attached hydrogen (secondary N) is 1. The van der Waals surface area contributed by atoms with Gasteiger partial charge in [0, 0.05) is 12.8 Å². The Labute approximate surface area is 134 Å². The van der Waals surface area contributed by atoms with Gasteiger partial charge in [-0.3, -0.25) is 4.79 Å². The molecule has 0 fully saturated rings. The van der Waals surface area contributed by atoms with Gasteiger partial charge < -0.3 is 14.8 Å². The third kappa shape index (κ3) is 5.68. The minimum Gasteiger partial charge on any atom is -0.493 e. The van der Waals surface area contributed by atoms with E-state index in [1.807, 2.05) is 31.2 Å². The number of ether oxygens (including phenoxy) is 2. The van der Waals surface area contributed by atoms with E-state index in [1.165, 1.54) is 0 Å². The highest BCUT2D eigenvalue weighted by atomic mass is 16.5. The summed E-state index contributed by atoms with van der Waals surface area (Å²) in [6.07, 6.45) is 0.672. The molecule has 0 unspecified atom stereocenters. The number of carbonyl (C=O) groups is 1. The third-order valence-electron chi connectivity index (χ3n) is 3.42. The molecule has 0 radical (unpaired) electrons. The molecule has 1 aromatic rings. The van der Waals surface area contributed by atoms with Gasteiger partial charge in [0.25, 0.3) is 5.91 Å². The zero-order valence-corrected chi connectivity index (χ0v) is 14.6. The summed E-state index contributed by atoms with van der Waals surface area (Å²) in [5.41, 5.74) is -0.0741. The zero-order chi connectivity index (χ0) is 16.8. The first kappa shape index (κ1) is 18.5. The molecule has 0 saturated carbocycles. The lowest BCUT2D eigenvalue weighted by molar-refractivity contribution is -0.137. The molecule has 1 atom stereocenters. The molecule has 0 saturated heterocycles. The number of rotatable bonds is 8. The van der Waals surface area contributed by atoms with Crippen LogP contribution in [0.15, 0.2) is 24.3 Å². The monoisotopic (exact) mass is 307 g/mol. The van der Waals surface area contributed by atoms with E-state index >= 15 is 0 Å². The SMILES string of the molecule is CO[C@@](C)(CC(C)C)C(=O)Nc1ccc(OCC(C)C)cc1. The van der Waals surface area contributed by atoms with Gasteiger partial charge in [0.15, 0.2) is 0 Å². The highest BCUT2D eigenvalue weighted by Crippen LogP contribution is 2.23. The first-order chi connectivity index (χ1) is 10.3. The summed E-state index contributed by atoms with van der Waals surface area (Å²) in [6, 6.07) is 7.42. The van der Waals surface area contributed by atoms with Crippen molar-refractivity contribution >= 4 is 11.6 Å². The summed E-state index contributed by atoms with van der Waals surface area (Å²) in [5, 5.41) is 2.91. The highest BCUT2D eigenvalue weighted by Gasteiger charge is 2.33. The number of hydrogen-bond acceptors (Lipinski definition) is 3. The summed E-state index contributed by atoms with van der Waals surface area (Å²) < 4.78 is 11.1. The molecule has 124 valence electrons. The molecule has 0 spiro atoms. The maximum atomic E-state index is 12.4. The van der Waals surface area contributed by atoms with E-state index in [9.17, 15) is 4.79 Å². The van der Waals surface area contributed by atoms with Crippen molar-refractivity contribution < 1.29 is 14.3 Å². The second kappa shape index (κ2) is 8.18. The third-order valence-corrected chi connectivity index (χ3v) is 3.42. The van der Waals surface area contributed by atoms with Crippen LogP contribution in [-0.4, -0.2) is 25.2 Å². The molecule has 0 bridgehead atoms. The Kier molecular flexibility index (Phi) is 6.88. The van der Waals surface area contributed by atoms with Crippen LogP contribution in [-0.2, 0) is 9.53 Å². The number of methoxy groups -OCH3 is 1. The van der Waals surface area contributed by atoms with Gasteiger partial charge >= 0.3 is 0 Å². The molecule has 0 aromatic heterocycles. The van der Waals surface area contributed by atoms with E-state index in [-0.39, 0.29) is 5.91 Å². The van der Waals surface area contributed by atoms with Crippen molar-refractivity contribution in [1.82, 2.24) is 0 Å². The minimum absolute atomic E-state index is 0.125. The second-order valence-electron chi connectivity index (χ2n) is 6.72. The van der Waals surface area contributed by atoms with E-state index < -0.39 is 5.60 Å². The van der Waals surface area contributed by atoms with Crippen molar-refractivity contribution in [3.8, 4) is 5.75 Å². The van der Waals surface area contributed by atoms with E-state index in [0.717, 1.165) is 11.4 Å². The first-order valence-electron chi connectivity index (χ1n) is 7.86. The molecular weight excluding hydrogens is 278 g/mol. The smallest absolute Gasteiger partial charge is 0.256 e. The predicted octanol–water partition coefficient (Wildman–Crippen LogP) is 4.11. The van der Waals surface area contributed by atoms with Crippen LogP contribution >= 0.6 is 0 Å². The molecule has 0 heterocycles. The first-order valence-corrected chi connectivity index (χ1v) is 7.86. The number of amides is 1. The van der Waals surface area contributed by atoms with Crippen LogP contribution in [0.5, 0.6) is 5.75 Å². The minimum atomic E-state index is -0.818. The molecule has 0 aliphatic rings. The Morgan fingerprint density at radius 1 is 1.14 bits per heavy atom. The maximum Gasteiger partial charge on any atom is 0.256 e. The molecule has 0 aliphatic carbocycles. The van der Waals surface area contributed by atoms with Crippen LogP contribution in [0, 0.1) is 11.8 Å². The van der Waals surface area contributed by atoms with Crippen LogP contribution in [0.25, 0.3) is 0 Å². The van der Waals surface area contributed by atoms with Crippen LogP contribution in [0.3, 0.4) is 0 Å². The number of carbonyl (C=O) groups excluding carboxylic acids is 1. The summed E-state index contributed by atoms with van der Waals surface area (Å²) >= 11 is 0. The molecule has 0 aliphatic heterocycles. The van der Waals surface area contributed by atoms with Gasteiger partial charge in [-0.25, -0.2) is 0 Å². The van der Waals surface area contributed by atoms with Gasteiger partial charge in [-0.2, -0.15) is 0 Å². The van der Waals surface area contributed by atoms with Crippen molar-refractivity contribution in [3.05, 3.63) is 24.3 Å². The molecule has 1 rings (SSSR count). The Hall–Kier alpha value is -1.55. The fraction of sp³-hybridized carbons (Fsp3) is 0.611. The lowest BCUT2D eigenvalue weighted by Gasteiger charge is -2.28. The average molecular weight is 307 g/mol. The van der Waals surface area contributed by atoms with E-state index in [1.54, 1.807) is 7.11 Å². The van der Waals surface area contributed by atoms with Gasteiger partial charge in [-0.15, -0.1) is 0 Å². The molecular formula is C18H29NO3. The van der Waals surface area contributed by atoms with E-state index in [2.05, 4.69) is 33.0 Å². The van der Waals surface area contributed by atoms with Crippen molar-refractivity contribution in [3.63, 3.8) is 0 Å². The van der Waals surface area contributed by atoms with Gasteiger partial charge in [0.1, 0.15) is 11.4 Å². The van der Waals surface area contributed by atoms with Crippen LogP contribution < -0.4 is 10.1 Å². The quantitative estimate of drug-likeness (QED) is 0.786. The average Bonchev–Trinajstić information content (AvgIpc) is 2.45. The summed E-state index contributed by atoms with van der Waals surface area (Å²) in [6.45, 7) is 10.9. The summed E-state index contributed by atoms with van der Waals surface area (Å²) in [5.74, 6) is 1.54. The fourth-order valence-corrected chi connectivity index (χ4v) is 2.21. The topological polar surface area (TPSA) is 47.6 Å². The van der Waals surface area contributed by atoms with Gasteiger partial charge in [-0.05, 0) is 49.4 Å². The number of benzene rings is 1. The Bertz CT molecular complexity index is 468. The van der Waals surface area contributed by atoms with Crippen LogP contribution in [0.1, 0.15) is 41.0 Å². The molecule has 4 nitrogen and oxygen atoms in total. The van der Waals surface area contributed by atoms with Crippen molar-refractivity contribution in [2.45, 2.75) is 46.6 Å². The van der Waals surface area contributed by atoms with Crippen molar-refractivity contribution in [1.29, 1.82) is 0 Å². The Morgan fingerprint density at radius 2 is 1.73 bits per heavy atom. The number of hydrogen-bond donors (Lipinski definition) is 1. The zero-order valence-electron chi connectivity index (χ0n) is 14.6. The van der Waals surface area contributed by atoms with Crippen molar-refractivity contribution in [2.75, 3.05) is 19.0 Å². The molecule has 22 heavy (non-hydrogen) atoms. The summed E-state index contributed by atoms with van der Waals surface area (Å²) in [4.78, 5) is 12.4. The van der Waals surface area contributed by atoms with Gasteiger partial charge in [0.05, 0.1) is 6.61 Å². The number of anilines is 1. The van der Waals surface area contributed by atoms with Crippen molar-refractivity contribution in [2.24, 2.45) is 11.8 Å². The van der Waals surface area contributed by atoms with Crippen LogP contribution in [0.4, 0.5) is 5.69 Å². The molecule has 4 heteroatoms.